The molecule has 7 heteroatoms. The van der Waals surface area contributed by atoms with Crippen LogP contribution in [-0.4, -0.2) is 37.9 Å². The highest BCUT2D eigenvalue weighted by Crippen LogP contribution is 2.21. The summed E-state index contributed by atoms with van der Waals surface area (Å²) in [6.07, 6.45) is 7.93. The molecule has 0 aliphatic heterocycles. The smallest absolute Gasteiger partial charge is 0.224 e. The molecule has 0 bridgehead atoms. The average Bonchev–Trinajstić information content (AvgIpc) is 3.36. The van der Waals surface area contributed by atoms with Crippen LogP contribution < -0.4 is 15.6 Å². The van der Waals surface area contributed by atoms with Gasteiger partial charge in [0.15, 0.2) is 0 Å². The second kappa shape index (κ2) is 18.9. The lowest BCUT2D eigenvalue weighted by Crippen LogP contribution is -2.13. The number of methoxy groups -OCH3 is 1. The molecule has 0 radical (unpaired) electrons. The van der Waals surface area contributed by atoms with Crippen molar-refractivity contribution in [3.05, 3.63) is 90.9 Å². The number of allylic oxidation sites excluding steroid dienone is 3. The SMILES string of the molecule is C=C(/C=N/NC(=C)c1ccc2c(ccn2CCCC(=O)Nc2ccc(N(C)C)cc2)c1)/C=C(\C)OC.CC.CCC. The Labute approximate surface area is 247 Å². The minimum atomic E-state index is 0.0184. The number of rotatable bonds is 12. The first kappa shape index (κ1) is 34.8. The molecule has 0 fully saturated rings. The van der Waals surface area contributed by atoms with Gasteiger partial charge in [-0.25, -0.2) is 0 Å². The van der Waals surface area contributed by atoms with Crippen LogP contribution in [0.15, 0.2) is 90.4 Å². The number of nitrogens with one attached hydrogen (secondary N) is 2. The molecule has 0 aliphatic rings. The molecule has 2 N–H and O–H groups in total. The van der Waals surface area contributed by atoms with Crippen LogP contribution in [0.1, 0.15) is 59.4 Å². The molecular formula is C34H49N5O2. The molecule has 3 rings (SSSR count). The van der Waals surface area contributed by atoms with Crippen molar-refractivity contribution in [2.45, 2.75) is 60.4 Å². The number of amides is 1. The van der Waals surface area contributed by atoms with E-state index in [1.165, 1.54) is 6.42 Å². The summed E-state index contributed by atoms with van der Waals surface area (Å²) in [5.41, 5.74) is 8.34. The Kier molecular flexibility index (Phi) is 16.0. The predicted molar refractivity (Wildman–Crippen MR) is 178 cm³/mol. The van der Waals surface area contributed by atoms with E-state index in [0.717, 1.165) is 52.1 Å². The molecule has 0 saturated carbocycles. The zero-order chi connectivity index (χ0) is 30.8. The van der Waals surface area contributed by atoms with E-state index in [2.05, 4.69) is 71.8 Å². The van der Waals surface area contributed by atoms with Crippen molar-refractivity contribution in [1.82, 2.24) is 9.99 Å². The van der Waals surface area contributed by atoms with Gasteiger partial charge >= 0.3 is 0 Å². The Balaban J connectivity index is 0.00000157. The largest absolute Gasteiger partial charge is 0.501 e. The molecule has 0 aliphatic carbocycles. The monoisotopic (exact) mass is 559 g/mol. The number of fused-ring (bicyclic) bond motifs is 1. The number of hydrogen-bond acceptors (Lipinski definition) is 5. The van der Waals surface area contributed by atoms with Gasteiger partial charge in [0.2, 0.25) is 5.91 Å². The van der Waals surface area contributed by atoms with Crippen LogP contribution in [0.25, 0.3) is 16.6 Å². The average molecular weight is 560 g/mol. The van der Waals surface area contributed by atoms with E-state index in [9.17, 15) is 4.79 Å². The second-order valence-corrected chi connectivity index (χ2v) is 9.47. The number of hydrogen-bond donors (Lipinski definition) is 2. The molecule has 41 heavy (non-hydrogen) atoms. The molecule has 0 unspecified atom stereocenters. The third kappa shape index (κ3) is 12.2. The Hall–Kier alpha value is -4.26. The molecule has 1 aromatic heterocycles. The zero-order valence-corrected chi connectivity index (χ0v) is 26.3. The first-order valence-corrected chi connectivity index (χ1v) is 14.2. The summed E-state index contributed by atoms with van der Waals surface area (Å²) in [7, 11) is 5.59. The fourth-order valence-electron chi connectivity index (χ4n) is 3.67. The van der Waals surface area contributed by atoms with Crippen LogP contribution in [0, 0.1) is 0 Å². The molecule has 222 valence electrons. The Morgan fingerprint density at radius 3 is 2.34 bits per heavy atom. The highest BCUT2D eigenvalue weighted by atomic mass is 16.5. The minimum absolute atomic E-state index is 0.0184. The highest BCUT2D eigenvalue weighted by Gasteiger charge is 2.07. The minimum Gasteiger partial charge on any atom is -0.501 e. The topological polar surface area (TPSA) is 70.9 Å². The van der Waals surface area contributed by atoms with Crippen LogP contribution in [0.3, 0.4) is 0 Å². The van der Waals surface area contributed by atoms with Gasteiger partial charge in [-0.1, -0.05) is 53.3 Å². The molecule has 0 saturated heterocycles. The summed E-state index contributed by atoms with van der Waals surface area (Å²) in [6.45, 7) is 18.9. The molecule has 3 aromatic rings. The summed E-state index contributed by atoms with van der Waals surface area (Å²) in [4.78, 5) is 14.4. The van der Waals surface area contributed by atoms with Crippen molar-refractivity contribution in [2.75, 3.05) is 31.4 Å². The predicted octanol–water partition coefficient (Wildman–Crippen LogP) is 8.22. The van der Waals surface area contributed by atoms with Gasteiger partial charge in [0, 0.05) is 55.5 Å². The number of anilines is 2. The van der Waals surface area contributed by atoms with Gasteiger partial charge in [-0.05, 0) is 73.0 Å². The molecule has 2 aromatic carbocycles. The molecule has 0 atom stereocenters. The van der Waals surface area contributed by atoms with E-state index in [1.54, 1.807) is 19.4 Å². The fraction of sp³-hybridized carbons (Fsp3) is 0.353. The van der Waals surface area contributed by atoms with Gasteiger partial charge in [-0.3, -0.25) is 10.2 Å². The number of benzene rings is 2. The number of aryl methyl sites for hydroxylation is 1. The van der Waals surface area contributed by atoms with E-state index in [-0.39, 0.29) is 5.91 Å². The lowest BCUT2D eigenvalue weighted by Gasteiger charge is -2.13. The van der Waals surface area contributed by atoms with Crippen molar-refractivity contribution in [1.29, 1.82) is 0 Å². The fourth-order valence-corrected chi connectivity index (χ4v) is 3.67. The van der Waals surface area contributed by atoms with Crippen molar-refractivity contribution < 1.29 is 9.53 Å². The second-order valence-electron chi connectivity index (χ2n) is 9.47. The van der Waals surface area contributed by atoms with Crippen LogP contribution in [-0.2, 0) is 16.1 Å². The number of hydrazone groups is 1. The number of carbonyl (C=O) groups excluding carboxylic acids is 1. The summed E-state index contributed by atoms with van der Waals surface area (Å²) in [6, 6.07) is 16.1. The van der Waals surface area contributed by atoms with Gasteiger partial charge in [-0.15, -0.1) is 0 Å². The lowest BCUT2D eigenvalue weighted by atomic mass is 10.1. The standard InChI is InChI=1S/C29H35N5O2.C3H8.C2H6/c1-21(18-22(2)36-6)20-30-32-23(3)24-9-14-28-25(19-24)15-17-34(28)16-7-8-29(35)31-26-10-12-27(13-11-26)33(4)5;1-3-2;1-2/h9-15,17-20,32H,1,3,7-8,16H2,2,4-6H3,(H,31,35);3H2,1-2H3;1-2H3/b22-18+,30-20+;;. The number of carbonyl (C=O) groups is 1. The van der Waals surface area contributed by atoms with E-state index >= 15 is 0 Å². The Bertz CT molecular complexity index is 1300. The van der Waals surface area contributed by atoms with E-state index < -0.39 is 0 Å². The number of nitrogens with zero attached hydrogens (tertiary/aromatic N) is 3. The quantitative estimate of drug-likeness (QED) is 0.101. The third-order valence-corrected chi connectivity index (χ3v) is 5.73. The van der Waals surface area contributed by atoms with Crippen molar-refractivity contribution in [3.63, 3.8) is 0 Å². The molecule has 1 amide bonds. The highest BCUT2D eigenvalue weighted by molar-refractivity contribution is 5.91. The van der Waals surface area contributed by atoms with Crippen molar-refractivity contribution in [3.8, 4) is 0 Å². The molecular weight excluding hydrogens is 510 g/mol. The van der Waals surface area contributed by atoms with E-state index in [4.69, 9.17) is 4.74 Å². The lowest BCUT2D eigenvalue weighted by molar-refractivity contribution is -0.116. The van der Waals surface area contributed by atoms with Crippen molar-refractivity contribution >= 4 is 40.1 Å². The Morgan fingerprint density at radius 1 is 1.07 bits per heavy atom. The van der Waals surface area contributed by atoms with Gasteiger partial charge in [-0.2, -0.15) is 5.10 Å². The Morgan fingerprint density at radius 2 is 1.73 bits per heavy atom. The zero-order valence-electron chi connectivity index (χ0n) is 26.3. The molecule has 7 nitrogen and oxygen atoms in total. The number of ether oxygens (including phenoxy) is 1. The molecule has 0 spiro atoms. The van der Waals surface area contributed by atoms with Gasteiger partial charge in [0.25, 0.3) is 0 Å². The first-order chi connectivity index (χ1) is 19.7. The maximum atomic E-state index is 12.4. The summed E-state index contributed by atoms with van der Waals surface area (Å²) in [5, 5.41) is 8.28. The van der Waals surface area contributed by atoms with E-state index in [1.807, 2.05) is 70.1 Å². The van der Waals surface area contributed by atoms with Crippen LogP contribution in [0.4, 0.5) is 11.4 Å². The maximum absolute atomic E-state index is 12.4. The van der Waals surface area contributed by atoms with Gasteiger partial charge < -0.3 is 19.5 Å². The third-order valence-electron chi connectivity index (χ3n) is 5.73. The van der Waals surface area contributed by atoms with E-state index in [0.29, 0.717) is 12.1 Å². The number of aromatic nitrogens is 1. The normalized spacial score (nSPS) is 10.7. The van der Waals surface area contributed by atoms with Crippen LogP contribution in [0.2, 0.25) is 0 Å². The van der Waals surface area contributed by atoms with Gasteiger partial charge in [0.1, 0.15) is 0 Å². The first-order valence-electron chi connectivity index (χ1n) is 14.2. The summed E-state index contributed by atoms with van der Waals surface area (Å²) >= 11 is 0. The van der Waals surface area contributed by atoms with Crippen LogP contribution in [0.5, 0.6) is 0 Å². The summed E-state index contributed by atoms with van der Waals surface area (Å²) < 4.78 is 7.28. The van der Waals surface area contributed by atoms with Crippen LogP contribution >= 0.6 is 0 Å². The van der Waals surface area contributed by atoms with Gasteiger partial charge in [0.05, 0.1) is 24.8 Å². The van der Waals surface area contributed by atoms with Crippen molar-refractivity contribution in [2.24, 2.45) is 5.10 Å². The maximum Gasteiger partial charge on any atom is 0.224 e. The molecule has 1 heterocycles. The summed E-state index contributed by atoms with van der Waals surface area (Å²) in [5.74, 6) is 0.778.